The molecule has 1 saturated heterocycles. The van der Waals surface area contributed by atoms with Crippen molar-refractivity contribution in [2.45, 2.75) is 26.9 Å². The Bertz CT molecular complexity index is 1350. The van der Waals surface area contributed by atoms with Crippen LogP contribution in [-0.2, 0) is 22.6 Å². The monoisotopic (exact) mass is 504 g/mol. The van der Waals surface area contributed by atoms with E-state index in [1.807, 2.05) is 44.2 Å². The molecule has 0 radical (unpaired) electrons. The lowest BCUT2D eigenvalue weighted by atomic mass is 10.0. The second kappa shape index (κ2) is 11.1. The summed E-state index contributed by atoms with van der Waals surface area (Å²) in [6.07, 6.45) is 2.06. The van der Waals surface area contributed by atoms with Crippen LogP contribution < -0.4 is 19.7 Å². The third kappa shape index (κ3) is 5.42. The molecule has 3 aromatic rings. The van der Waals surface area contributed by atoms with Crippen LogP contribution in [0.5, 0.6) is 11.5 Å². The van der Waals surface area contributed by atoms with Gasteiger partial charge in [0.15, 0.2) is 11.5 Å². The van der Waals surface area contributed by atoms with Crippen molar-refractivity contribution in [3.8, 4) is 11.5 Å². The molecule has 0 atom stereocenters. The average molecular weight is 505 g/mol. The lowest BCUT2D eigenvalue weighted by molar-refractivity contribution is -0.122. The Morgan fingerprint density at radius 1 is 0.917 bits per heavy atom. The summed E-state index contributed by atoms with van der Waals surface area (Å²) in [5.74, 6) is -0.479. The van der Waals surface area contributed by atoms with Crippen molar-refractivity contribution in [2.75, 3.05) is 11.5 Å². The van der Waals surface area contributed by atoms with E-state index in [1.54, 1.807) is 36.4 Å². The first-order valence-electron chi connectivity index (χ1n) is 11.5. The first kappa shape index (κ1) is 25.0. The molecular formula is C28H25ClN2O5. The predicted octanol–water partition coefficient (Wildman–Crippen LogP) is 5.55. The smallest absolute Gasteiger partial charge is 0.335 e. The number of urea groups is 1. The second-order valence-corrected chi connectivity index (χ2v) is 8.43. The molecule has 4 amide bonds. The zero-order valence-electron chi connectivity index (χ0n) is 19.9. The third-order valence-corrected chi connectivity index (χ3v) is 5.81. The molecule has 0 aromatic heterocycles. The molecule has 0 unspecified atom stereocenters. The number of carbonyl (C=O) groups excluding carboxylic acids is 3. The molecule has 3 aromatic carbocycles. The maximum absolute atomic E-state index is 13.3. The fourth-order valence-electron chi connectivity index (χ4n) is 3.86. The van der Waals surface area contributed by atoms with E-state index in [0.717, 1.165) is 16.0 Å². The van der Waals surface area contributed by atoms with E-state index in [0.29, 0.717) is 40.8 Å². The molecule has 1 aliphatic heterocycles. The zero-order chi connectivity index (χ0) is 25.7. The lowest BCUT2D eigenvalue weighted by Gasteiger charge is -2.28. The number of carbonyl (C=O) groups is 3. The number of barbiturate groups is 1. The first-order valence-corrected chi connectivity index (χ1v) is 11.9. The highest BCUT2D eigenvalue weighted by Crippen LogP contribution is 2.31. The number of nitrogens with zero attached hydrogens (tertiary/aromatic N) is 1. The van der Waals surface area contributed by atoms with Gasteiger partial charge in [-0.05, 0) is 66.4 Å². The van der Waals surface area contributed by atoms with Gasteiger partial charge in [-0.15, -0.1) is 0 Å². The Kier molecular flexibility index (Phi) is 7.71. The topological polar surface area (TPSA) is 84.9 Å². The average Bonchev–Trinajstić information content (AvgIpc) is 2.86. The highest BCUT2D eigenvalue weighted by molar-refractivity contribution is 6.39. The van der Waals surface area contributed by atoms with Crippen LogP contribution in [0, 0.1) is 0 Å². The summed E-state index contributed by atoms with van der Waals surface area (Å²) >= 11 is 6.05. The van der Waals surface area contributed by atoms with E-state index in [9.17, 15) is 14.4 Å². The molecule has 8 heteroatoms. The Labute approximate surface area is 214 Å². The maximum Gasteiger partial charge on any atom is 0.335 e. The molecule has 4 rings (SSSR count). The van der Waals surface area contributed by atoms with E-state index >= 15 is 0 Å². The molecule has 1 fully saturated rings. The predicted molar refractivity (Wildman–Crippen MR) is 138 cm³/mol. The van der Waals surface area contributed by atoms with Gasteiger partial charge in [0.2, 0.25) is 0 Å². The SMILES string of the molecule is CCOc1cc(/C=C2/C(=O)NC(=O)N(c3ccccc3CC)C2=O)ccc1OCc1cccc(Cl)c1. The summed E-state index contributed by atoms with van der Waals surface area (Å²) in [6, 6.07) is 18.8. The van der Waals surface area contributed by atoms with Crippen LogP contribution in [0.1, 0.15) is 30.5 Å². The van der Waals surface area contributed by atoms with Crippen molar-refractivity contribution < 1.29 is 23.9 Å². The molecule has 184 valence electrons. The Morgan fingerprint density at radius 3 is 2.47 bits per heavy atom. The highest BCUT2D eigenvalue weighted by Gasteiger charge is 2.37. The number of ether oxygens (including phenoxy) is 2. The van der Waals surface area contributed by atoms with Crippen molar-refractivity contribution >= 4 is 41.2 Å². The summed E-state index contributed by atoms with van der Waals surface area (Å²) in [4.78, 5) is 39.5. The van der Waals surface area contributed by atoms with Crippen LogP contribution in [0.2, 0.25) is 5.02 Å². The molecular weight excluding hydrogens is 480 g/mol. The Balaban J connectivity index is 1.63. The number of rotatable bonds is 8. The second-order valence-electron chi connectivity index (χ2n) is 8.00. The normalized spacial score (nSPS) is 14.7. The third-order valence-electron chi connectivity index (χ3n) is 5.58. The zero-order valence-corrected chi connectivity index (χ0v) is 20.7. The number of anilines is 1. The summed E-state index contributed by atoms with van der Waals surface area (Å²) in [5.41, 5.74) is 2.55. The van der Waals surface area contributed by atoms with Gasteiger partial charge in [-0.2, -0.15) is 0 Å². The number of nitrogens with one attached hydrogen (secondary N) is 1. The van der Waals surface area contributed by atoms with Gasteiger partial charge in [-0.1, -0.05) is 54.9 Å². The molecule has 1 aliphatic rings. The minimum atomic E-state index is -0.775. The van der Waals surface area contributed by atoms with Gasteiger partial charge < -0.3 is 9.47 Å². The number of halogens is 1. The summed E-state index contributed by atoms with van der Waals surface area (Å²) < 4.78 is 11.7. The van der Waals surface area contributed by atoms with Crippen molar-refractivity contribution in [1.29, 1.82) is 0 Å². The molecule has 1 heterocycles. The lowest BCUT2D eigenvalue weighted by Crippen LogP contribution is -2.54. The molecule has 36 heavy (non-hydrogen) atoms. The van der Waals surface area contributed by atoms with Crippen LogP contribution in [0.15, 0.2) is 72.3 Å². The van der Waals surface area contributed by atoms with Gasteiger partial charge in [-0.25, -0.2) is 9.69 Å². The largest absolute Gasteiger partial charge is 0.490 e. The van der Waals surface area contributed by atoms with Gasteiger partial charge in [-0.3, -0.25) is 14.9 Å². The van der Waals surface area contributed by atoms with Gasteiger partial charge in [0.1, 0.15) is 12.2 Å². The van der Waals surface area contributed by atoms with E-state index < -0.39 is 17.8 Å². The quantitative estimate of drug-likeness (QED) is 0.321. The van der Waals surface area contributed by atoms with Crippen molar-refractivity contribution in [3.05, 3.63) is 94.0 Å². The van der Waals surface area contributed by atoms with Gasteiger partial charge in [0.25, 0.3) is 11.8 Å². The number of imide groups is 2. The summed E-state index contributed by atoms with van der Waals surface area (Å²) in [6.45, 7) is 4.45. The minimum absolute atomic E-state index is 0.157. The number of amides is 4. The van der Waals surface area contributed by atoms with Crippen LogP contribution >= 0.6 is 11.6 Å². The van der Waals surface area contributed by atoms with E-state index in [-0.39, 0.29) is 12.2 Å². The van der Waals surface area contributed by atoms with Gasteiger partial charge in [0, 0.05) is 5.02 Å². The van der Waals surface area contributed by atoms with Crippen LogP contribution in [-0.4, -0.2) is 24.5 Å². The Hall–Kier alpha value is -4.10. The molecule has 0 spiro atoms. The molecule has 0 saturated carbocycles. The van der Waals surface area contributed by atoms with Crippen LogP contribution in [0.4, 0.5) is 10.5 Å². The highest BCUT2D eigenvalue weighted by atomic mass is 35.5. The summed E-state index contributed by atoms with van der Waals surface area (Å²) in [7, 11) is 0. The van der Waals surface area contributed by atoms with Crippen molar-refractivity contribution in [2.24, 2.45) is 0 Å². The van der Waals surface area contributed by atoms with Crippen molar-refractivity contribution in [3.63, 3.8) is 0 Å². The molecule has 1 N–H and O–H groups in total. The van der Waals surface area contributed by atoms with Crippen LogP contribution in [0.3, 0.4) is 0 Å². The van der Waals surface area contributed by atoms with Crippen molar-refractivity contribution in [1.82, 2.24) is 5.32 Å². The molecule has 0 aliphatic carbocycles. The number of hydrogen-bond acceptors (Lipinski definition) is 5. The summed E-state index contributed by atoms with van der Waals surface area (Å²) in [5, 5.41) is 2.88. The van der Waals surface area contributed by atoms with E-state index in [1.165, 1.54) is 6.08 Å². The fraction of sp³-hybridized carbons (Fsp3) is 0.179. The van der Waals surface area contributed by atoms with Crippen LogP contribution in [0.25, 0.3) is 6.08 Å². The van der Waals surface area contributed by atoms with E-state index in [2.05, 4.69) is 5.32 Å². The standard InChI is InChI=1S/C28H25ClN2O5/c1-3-20-9-5-6-11-23(20)31-27(33)22(26(32)30-28(31)34)15-18-12-13-24(25(16-18)35-4-2)36-17-19-8-7-10-21(29)14-19/h5-16H,3-4,17H2,1-2H3,(H,30,32,34)/b22-15-. The van der Waals surface area contributed by atoms with E-state index in [4.69, 9.17) is 21.1 Å². The number of aryl methyl sites for hydroxylation is 1. The molecule has 0 bridgehead atoms. The fourth-order valence-corrected chi connectivity index (χ4v) is 4.07. The van der Waals surface area contributed by atoms with Gasteiger partial charge >= 0.3 is 6.03 Å². The number of para-hydroxylation sites is 1. The maximum atomic E-state index is 13.3. The Morgan fingerprint density at radius 2 is 1.72 bits per heavy atom. The number of benzene rings is 3. The van der Waals surface area contributed by atoms with Gasteiger partial charge in [0.05, 0.1) is 12.3 Å². The first-order chi connectivity index (χ1) is 17.4. The molecule has 7 nitrogen and oxygen atoms in total. The minimum Gasteiger partial charge on any atom is -0.490 e. The number of hydrogen-bond donors (Lipinski definition) is 1.